The van der Waals surface area contributed by atoms with Gasteiger partial charge in [-0.25, -0.2) is 0 Å². The molecule has 434 valence electrons. The van der Waals surface area contributed by atoms with E-state index in [-0.39, 0.29) is 23.4 Å². The van der Waals surface area contributed by atoms with Crippen molar-refractivity contribution in [1.82, 2.24) is 0 Å². The van der Waals surface area contributed by atoms with E-state index in [1.165, 1.54) is 25.0 Å². The summed E-state index contributed by atoms with van der Waals surface area (Å²) in [4.78, 5) is 0. The van der Waals surface area contributed by atoms with Crippen molar-refractivity contribution in [2.45, 2.75) is 260 Å². The average Bonchev–Trinajstić information content (AvgIpc) is 3.65. The molecule has 8 rings (SSSR count). The summed E-state index contributed by atoms with van der Waals surface area (Å²) in [7, 11) is 0. The Morgan fingerprint density at radius 3 is 1.73 bits per heavy atom. The van der Waals surface area contributed by atoms with E-state index in [0.717, 1.165) is 38.5 Å². The number of hydrogen-bond donors (Lipinski definition) is 14. The second kappa shape index (κ2) is 23.0. The SMILES string of the molecule is CC(C)C[C@H](O)C[C@@H](C)[C@H]1CC[C@@]2(C)C3=C(CC[C@]12C)[C@@]1(C)CC[C@H](O[C@@H]2O[C@H](CO)[C@@H](O)[C@H](O[C@@H]4O[C@@H](C)[C@H](O)[C@@H](O)[C@H]4O)[C@H]2O[C@@H]2O[C@@H](C)[C@H](O)[C@@H](O[C@@H]4O[C@H](CO)[C@@H](O)[C@H](O)[C@H]4O)[C@H]2O)[C@](O)(CO)C1CC3. The molecule has 14 N–H and O–H groups in total. The minimum atomic E-state index is -2.01. The van der Waals surface area contributed by atoms with Crippen LogP contribution in [0.5, 0.6) is 0 Å². The maximum Gasteiger partial charge on any atom is 0.187 e. The number of allylic oxidation sites excluding steroid dienone is 2. The second-order valence-corrected chi connectivity index (χ2v) is 24.8. The summed E-state index contributed by atoms with van der Waals surface area (Å²) in [5.74, 6) is 0.627. The van der Waals surface area contributed by atoms with Crippen LogP contribution >= 0.6 is 0 Å². The summed E-state index contributed by atoms with van der Waals surface area (Å²) in [5.41, 5.74) is 0.131. The predicted octanol–water partition coefficient (Wildman–Crippen LogP) is -1.42. The lowest BCUT2D eigenvalue weighted by Gasteiger charge is -2.62. The fraction of sp³-hybridized carbons (Fsp3) is 0.962. The van der Waals surface area contributed by atoms with E-state index in [9.17, 15) is 71.5 Å². The molecule has 0 radical (unpaired) electrons. The van der Waals surface area contributed by atoms with Crippen LogP contribution in [0.1, 0.15) is 120 Å². The van der Waals surface area contributed by atoms with Gasteiger partial charge in [-0.15, -0.1) is 0 Å². The van der Waals surface area contributed by atoms with Crippen molar-refractivity contribution in [2.75, 3.05) is 19.8 Å². The quantitative estimate of drug-likeness (QED) is 0.0789. The van der Waals surface area contributed by atoms with Gasteiger partial charge >= 0.3 is 0 Å². The van der Waals surface area contributed by atoms with Gasteiger partial charge in [0.15, 0.2) is 25.2 Å². The van der Waals surface area contributed by atoms with Crippen LogP contribution in [0.25, 0.3) is 0 Å². The van der Waals surface area contributed by atoms with Gasteiger partial charge in [-0.1, -0.05) is 52.7 Å². The molecular formula is C53H90O22. The zero-order valence-electron chi connectivity index (χ0n) is 44.7. The molecule has 0 spiro atoms. The highest BCUT2D eigenvalue weighted by atomic mass is 16.8. The summed E-state index contributed by atoms with van der Waals surface area (Å²) in [5, 5.41) is 155. The van der Waals surface area contributed by atoms with E-state index < -0.39 is 166 Å². The summed E-state index contributed by atoms with van der Waals surface area (Å²) in [6.07, 6.45) is -28.2. The van der Waals surface area contributed by atoms with Gasteiger partial charge in [0.2, 0.25) is 0 Å². The van der Waals surface area contributed by atoms with E-state index in [1.807, 2.05) is 0 Å². The Morgan fingerprint density at radius 2 is 1.11 bits per heavy atom. The predicted molar refractivity (Wildman–Crippen MR) is 260 cm³/mol. The fourth-order valence-corrected chi connectivity index (χ4v) is 15.4. The topological polar surface area (TPSA) is 357 Å². The normalized spacial score (nSPS) is 52.3. The number of aliphatic hydroxyl groups excluding tert-OH is 13. The lowest BCUT2D eigenvalue weighted by Crippen LogP contribution is -2.69. The van der Waals surface area contributed by atoms with Crippen molar-refractivity contribution in [3.05, 3.63) is 11.1 Å². The van der Waals surface area contributed by atoms with E-state index in [2.05, 4.69) is 41.5 Å². The molecule has 4 aliphatic heterocycles. The number of hydrogen-bond acceptors (Lipinski definition) is 22. The molecule has 8 aliphatic rings. The highest BCUT2D eigenvalue weighted by Gasteiger charge is 2.66. The standard InChI is InChI=1S/C53H90O22/c1-22(2)17-26(57)18-23(3)27-11-15-52(8)29-9-10-32-50(6,28(29)12-16-51(27,52)7)14-13-33(53(32,67)21-56)72-49-45(44(37(61)31(20-55)71-49)74-46-40(64)38(62)34(58)24(4)68-46)75-48-42(66)43(35(59)25(5)69-48)73-47-41(65)39(63)36(60)30(19-54)70-47/h22-27,30-49,54-67H,9-21H2,1-8H3/t23-,24+,25+,26+,27-,30-,31-,32?,33+,34+,35+,36-,37-,38-,39+,40-,41-,42-,43-,44+,45-,46+,47+,48+,49+,50-,51-,52+,53+/m1/s1. The molecule has 4 heterocycles. The zero-order valence-corrected chi connectivity index (χ0v) is 44.7. The lowest BCUT2D eigenvalue weighted by molar-refractivity contribution is -0.405. The Kier molecular flexibility index (Phi) is 18.4. The van der Waals surface area contributed by atoms with Gasteiger partial charge in [0.1, 0.15) is 91.1 Å². The van der Waals surface area contributed by atoms with Gasteiger partial charge in [0.05, 0.1) is 44.2 Å². The first kappa shape index (κ1) is 60.0. The van der Waals surface area contributed by atoms with Gasteiger partial charge in [-0.3, -0.25) is 0 Å². The summed E-state index contributed by atoms with van der Waals surface area (Å²) >= 11 is 0. The van der Waals surface area contributed by atoms with Crippen molar-refractivity contribution in [1.29, 1.82) is 0 Å². The third-order valence-electron chi connectivity index (χ3n) is 19.9. The van der Waals surface area contributed by atoms with Crippen LogP contribution in [-0.4, -0.2) is 232 Å². The zero-order chi connectivity index (χ0) is 55.0. The van der Waals surface area contributed by atoms with E-state index in [4.69, 9.17) is 37.9 Å². The monoisotopic (exact) mass is 1080 g/mol. The third-order valence-corrected chi connectivity index (χ3v) is 19.9. The number of fused-ring (bicyclic) bond motifs is 4. The van der Waals surface area contributed by atoms with Crippen molar-refractivity contribution < 1.29 is 109 Å². The minimum absolute atomic E-state index is 0.00835. The van der Waals surface area contributed by atoms with Gasteiger partial charge in [-0.05, 0) is 112 Å². The molecule has 22 heteroatoms. The molecule has 75 heavy (non-hydrogen) atoms. The van der Waals surface area contributed by atoms with Crippen LogP contribution in [0.15, 0.2) is 11.1 Å². The Hall–Kier alpha value is -1.14. The summed E-state index contributed by atoms with van der Waals surface area (Å²) < 4.78 is 48.8. The molecule has 29 atom stereocenters. The maximum atomic E-state index is 13.1. The highest BCUT2D eigenvalue weighted by Crippen LogP contribution is 2.72. The Labute approximate surface area is 439 Å². The molecule has 1 unspecified atom stereocenters. The molecule has 2 saturated carbocycles. The van der Waals surface area contributed by atoms with E-state index in [1.54, 1.807) is 0 Å². The van der Waals surface area contributed by atoms with Crippen LogP contribution in [0, 0.1) is 39.9 Å². The first-order chi connectivity index (χ1) is 35.2. The first-order valence-corrected chi connectivity index (χ1v) is 27.5. The molecule has 0 aromatic heterocycles. The number of aliphatic hydroxyl groups is 14. The van der Waals surface area contributed by atoms with Crippen LogP contribution in [0.3, 0.4) is 0 Å². The van der Waals surface area contributed by atoms with Crippen molar-refractivity contribution in [3.63, 3.8) is 0 Å². The van der Waals surface area contributed by atoms with Crippen molar-refractivity contribution in [2.24, 2.45) is 39.9 Å². The molecular weight excluding hydrogens is 989 g/mol. The number of ether oxygens (including phenoxy) is 8. The van der Waals surface area contributed by atoms with Gasteiger partial charge < -0.3 is 109 Å². The van der Waals surface area contributed by atoms with Crippen molar-refractivity contribution in [3.8, 4) is 0 Å². The Balaban J connectivity index is 1.09. The molecule has 22 nitrogen and oxygen atoms in total. The molecule has 0 bridgehead atoms. The fourth-order valence-electron chi connectivity index (χ4n) is 15.4. The minimum Gasteiger partial charge on any atom is -0.394 e. The molecule has 6 fully saturated rings. The Bertz CT molecular complexity index is 1950. The van der Waals surface area contributed by atoms with Crippen LogP contribution in [-0.2, 0) is 37.9 Å². The highest BCUT2D eigenvalue weighted by molar-refractivity contribution is 5.39. The molecule has 0 aromatic rings. The largest absolute Gasteiger partial charge is 0.394 e. The second-order valence-electron chi connectivity index (χ2n) is 24.8. The molecule has 4 aliphatic carbocycles. The Morgan fingerprint density at radius 1 is 0.547 bits per heavy atom. The van der Waals surface area contributed by atoms with Crippen molar-refractivity contribution >= 4 is 0 Å². The van der Waals surface area contributed by atoms with Gasteiger partial charge in [0, 0.05) is 5.92 Å². The first-order valence-electron chi connectivity index (χ1n) is 27.5. The van der Waals surface area contributed by atoms with E-state index in [0.29, 0.717) is 37.0 Å². The van der Waals surface area contributed by atoms with Crippen LogP contribution in [0.2, 0.25) is 0 Å². The van der Waals surface area contributed by atoms with Gasteiger partial charge in [-0.2, -0.15) is 0 Å². The van der Waals surface area contributed by atoms with Crippen LogP contribution in [0.4, 0.5) is 0 Å². The average molecular weight is 1080 g/mol. The summed E-state index contributed by atoms with van der Waals surface area (Å²) in [6, 6.07) is 0. The van der Waals surface area contributed by atoms with Gasteiger partial charge in [0.25, 0.3) is 0 Å². The molecule has 0 amide bonds. The lowest BCUT2D eigenvalue weighted by atomic mass is 9.44. The number of rotatable bonds is 16. The maximum absolute atomic E-state index is 13.1. The third kappa shape index (κ3) is 10.6. The van der Waals surface area contributed by atoms with Crippen LogP contribution < -0.4 is 0 Å². The summed E-state index contributed by atoms with van der Waals surface area (Å²) in [6.45, 7) is 14.0. The smallest absolute Gasteiger partial charge is 0.187 e. The molecule has 0 aromatic carbocycles. The van der Waals surface area contributed by atoms with E-state index >= 15 is 0 Å². The molecule has 4 saturated heterocycles.